The molecule has 0 saturated heterocycles. The molecule has 4 heterocycles. The molecule has 0 spiro atoms. The van der Waals surface area contributed by atoms with E-state index in [1.807, 2.05) is 23.8 Å². The van der Waals surface area contributed by atoms with Crippen molar-refractivity contribution in [3.05, 3.63) is 39.6 Å². The van der Waals surface area contributed by atoms with Gasteiger partial charge in [0.25, 0.3) is 5.91 Å². The van der Waals surface area contributed by atoms with Crippen LogP contribution in [0.2, 0.25) is 5.02 Å². The summed E-state index contributed by atoms with van der Waals surface area (Å²) < 4.78 is 3.20. The number of amides is 1. The van der Waals surface area contributed by atoms with E-state index < -0.39 is 0 Å². The van der Waals surface area contributed by atoms with Crippen LogP contribution in [0.1, 0.15) is 21.9 Å². The molecule has 0 radical (unpaired) electrons. The van der Waals surface area contributed by atoms with Gasteiger partial charge in [0.2, 0.25) is 0 Å². The van der Waals surface area contributed by atoms with E-state index in [1.165, 1.54) is 11.3 Å². The van der Waals surface area contributed by atoms with Gasteiger partial charge in [0.05, 0.1) is 9.04 Å². The number of nitrogens with zero attached hydrogens (tertiary/aromatic N) is 2. The second-order valence-electron chi connectivity index (χ2n) is 5.07. The average molecular weight is 338 g/mol. The summed E-state index contributed by atoms with van der Waals surface area (Å²) in [5.74, 6) is 1.03. The summed E-state index contributed by atoms with van der Waals surface area (Å²) in [6.45, 7) is 0.776. The topological polar surface area (TPSA) is 46.9 Å². The maximum absolute atomic E-state index is 12.4. The first-order valence-corrected chi connectivity index (χ1v) is 8.76. The summed E-state index contributed by atoms with van der Waals surface area (Å²) in [5, 5.41) is 6.66. The molecule has 108 valence electrons. The van der Waals surface area contributed by atoms with E-state index in [-0.39, 0.29) is 11.9 Å². The zero-order valence-electron chi connectivity index (χ0n) is 11.0. The van der Waals surface area contributed by atoms with Gasteiger partial charge in [-0.05, 0) is 17.9 Å². The van der Waals surface area contributed by atoms with E-state index in [0.717, 1.165) is 34.6 Å². The van der Waals surface area contributed by atoms with Gasteiger partial charge in [0.1, 0.15) is 10.7 Å². The molecule has 21 heavy (non-hydrogen) atoms. The first kappa shape index (κ1) is 13.3. The Balaban J connectivity index is 1.53. The van der Waals surface area contributed by atoms with Crippen molar-refractivity contribution in [3.8, 4) is 0 Å². The van der Waals surface area contributed by atoms with Crippen LogP contribution in [-0.4, -0.2) is 21.5 Å². The van der Waals surface area contributed by atoms with Gasteiger partial charge in [-0.25, -0.2) is 4.98 Å². The van der Waals surface area contributed by atoms with Crippen molar-refractivity contribution in [3.63, 3.8) is 0 Å². The standard InChI is InChI=1S/C14H12ClN3OS2/c15-11-9-3-6-20-14(9)21-12(11)13(19)17-8-1-2-10-16-4-5-18(10)7-8/h3-6,8H,1-2,7H2,(H,17,19)/t8-/m0/s1. The maximum atomic E-state index is 12.4. The molecule has 1 amide bonds. The fraction of sp³-hybridized carbons (Fsp3) is 0.286. The molecular weight excluding hydrogens is 326 g/mol. The molecule has 0 aromatic carbocycles. The lowest BCUT2D eigenvalue weighted by atomic mass is 10.1. The minimum Gasteiger partial charge on any atom is -0.347 e. The highest BCUT2D eigenvalue weighted by Crippen LogP contribution is 2.38. The fourth-order valence-corrected chi connectivity index (χ4v) is 5.20. The minimum atomic E-state index is -0.0676. The third-order valence-corrected chi connectivity index (χ3v) is 6.49. The van der Waals surface area contributed by atoms with Crippen LogP contribution >= 0.6 is 34.3 Å². The number of aryl methyl sites for hydroxylation is 1. The molecule has 4 rings (SSSR count). The highest BCUT2D eigenvalue weighted by molar-refractivity contribution is 7.38. The number of thiophene rings is 2. The Kier molecular flexibility index (Phi) is 3.24. The number of hydrogen-bond donors (Lipinski definition) is 1. The van der Waals surface area contributed by atoms with E-state index in [0.29, 0.717) is 9.90 Å². The van der Waals surface area contributed by atoms with Crippen LogP contribution in [0.15, 0.2) is 23.8 Å². The lowest BCUT2D eigenvalue weighted by Crippen LogP contribution is -2.40. The molecule has 3 aromatic heterocycles. The van der Waals surface area contributed by atoms with E-state index in [9.17, 15) is 4.79 Å². The van der Waals surface area contributed by atoms with Crippen LogP contribution < -0.4 is 5.32 Å². The zero-order chi connectivity index (χ0) is 14.4. The number of hydrogen-bond acceptors (Lipinski definition) is 4. The number of carbonyl (C=O) groups is 1. The largest absolute Gasteiger partial charge is 0.347 e. The molecule has 0 unspecified atom stereocenters. The Hall–Kier alpha value is -1.37. The molecule has 3 aromatic rings. The van der Waals surface area contributed by atoms with Gasteiger partial charge >= 0.3 is 0 Å². The Bertz CT molecular complexity index is 819. The number of halogens is 1. The Morgan fingerprint density at radius 1 is 1.52 bits per heavy atom. The van der Waals surface area contributed by atoms with Crippen LogP contribution in [0.25, 0.3) is 9.40 Å². The number of carbonyl (C=O) groups excluding carboxylic acids is 1. The number of fused-ring (bicyclic) bond motifs is 2. The SMILES string of the molecule is O=C(N[C@H]1CCc2nccn2C1)c1sc2sccc2c1Cl. The van der Waals surface area contributed by atoms with Crippen molar-refractivity contribution < 1.29 is 4.79 Å². The molecule has 0 fully saturated rings. The van der Waals surface area contributed by atoms with Crippen molar-refractivity contribution >= 4 is 49.6 Å². The normalized spacial score (nSPS) is 17.9. The summed E-state index contributed by atoms with van der Waals surface area (Å²) in [6.07, 6.45) is 5.58. The number of rotatable bonds is 2. The highest BCUT2D eigenvalue weighted by atomic mass is 35.5. The Labute approximate surface area is 134 Å². The smallest absolute Gasteiger partial charge is 0.263 e. The number of aromatic nitrogens is 2. The number of nitrogens with one attached hydrogen (secondary N) is 1. The van der Waals surface area contributed by atoms with Crippen LogP contribution in [0.5, 0.6) is 0 Å². The summed E-state index contributed by atoms with van der Waals surface area (Å²) in [4.78, 5) is 17.4. The van der Waals surface area contributed by atoms with Gasteiger partial charge in [0, 0.05) is 36.8 Å². The van der Waals surface area contributed by atoms with E-state index in [2.05, 4.69) is 14.9 Å². The van der Waals surface area contributed by atoms with Gasteiger partial charge in [0.15, 0.2) is 0 Å². The van der Waals surface area contributed by atoms with Crippen molar-refractivity contribution in [2.75, 3.05) is 0 Å². The average Bonchev–Trinajstić information content (AvgIpc) is 3.16. The lowest BCUT2D eigenvalue weighted by Gasteiger charge is -2.24. The van der Waals surface area contributed by atoms with Gasteiger partial charge in [-0.15, -0.1) is 22.7 Å². The third-order valence-electron chi connectivity index (χ3n) is 3.74. The van der Waals surface area contributed by atoms with Gasteiger partial charge in [-0.3, -0.25) is 4.79 Å². The predicted molar refractivity (Wildman–Crippen MR) is 86.5 cm³/mol. The first-order chi connectivity index (χ1) is 10.2. The van der Waals surface area contributed by atoms with Crippen molar-refractivity contribution in [1.82, 2.24) is 14.9 Å². The second kappa shape index (κ2) is 5.12. The van der Waals surface area contributed by atoms with Gasteiger partial charge in [-0.2, -0.15) is 0 Å². The van der Waals surface area contributed by atoms with Crippen molar-refractivity contribution in [2.45, 2.75) is 25.4 Å². The van der Waals surface area contributed by atoms with Crippen molar-refractivity contribution in [1.29, 1.82) is 0 Å². The van der Waals surface area contributed by atoms with Crippen LogP contribution in [0.4, 0.5) is 0 Å². The summed E-state index contributed by atoms with van der Waals surface area (Å²) in [6, 6.07) is 2.10. The zero-order valence-corrected chi connectivity index (χ0v) is 13.4. The second-order valence-corrected chi connectivity index (χ2v) is 7.64. The molecule has 1 atom stereocenters. The summed E-state index contributed by atoms with van der Waals surface area (Å²) in [7, 11) is 0. The minimum absolute atomic E-state index is 0.0676. The molecule has 1 aliphatic rings. The highest BCUT2D eigenvalue weighted by Gasteiger charge is 2.23. The lowest BCUT2D eigenvalue weighted by molar-refractivity contribution is 0.0932. The van der Waals surface area contributed by atoms with Crippen LogP contribution in [0, 0.1) is 0 Å². The molecule has 4 nitrogen and oxygen atoms in total. The van der Waals surface area contributed by atoms with E-state index >= 15 is 0 Å². The quantitative estimate of drug-likeness (QED) is 0.777. The summed E-state index contributed by atoms with van der Waals surface area (Å²) in [5.41, 5.74) is 0. The fourth-order valence-electron chi connectivity index (χ4n) is 2.68. The predicted octanol–water partition coefficient (Wildman–Crippen LogP) is 3.56. The Morgan fingerprint density at radius 3 is 3.29 bits per heavy atom. The van der Waals surface area contributed by atoms with E-state index in [4.69, 9.17) is 11.6 Å². The molecule has 0 aliphatic carbocycles. The summed E-state index contributed by atoms with van der Waals surface area (Å²) >= 11 is 9.40. The molecule has 1 aliphatic heterocycles. The van der Waals surface area contributed by atoms with Gasteiger partial charge in [-0.1, -0.05) is 11.6 Å². The third kappa shape index (κ3) is 2.27. The van der Waals surface area contributed by atoms with Crippen LogP contribution in [0.3, 0.4) is 0 Å². The van der Waals surface area contributed by atoms with Gasteiger partial charge < -0.3 is 9.88 Å². The monoisotopic (exact) mass is 337 g/mol. The first-order valence-electron chi connectivity index (χ1n) is 6.69. The molecule has 0 bridgehead atoms. The molecule has 1 N–H and O–H groups in total. The molecule has 0 saturated carbocycles. The van der Waals surface area contributed by atoms with Crippen LogP contribution in [-0.2, 0) is 13.0 Å². The van der Waals surface area contributed by atoms with E-state index in [1.54, 1.807) is 11.3 Å². The number of imidazole rings is 1. The molecule has 7 heteroatoms. The van der Waals surface area contributed by atoms with Crippen molar-refractivity contribution in [2.24, 2.45) is 0 Å². The Morgan fingerprint density at radius 2 is 2.43 bits per heavy atom. The molecular formula is C14H12ClN3OS2. The maximum Gasteiger partial charge on any atom is 0.263 e.